The van der Waals surface area contributed by atoms with Gasteiger partial charge in [0.25, 0.3) is 0 Å². The average Bonchev–Trinajstić information content (AvgIpc) is 3.22. The van der Waals surface area contributed by atoms with Crippen LogP contribution in [0.15, 0.2) is 102 Å². The highest BCUT2D eigenvalue weighted by molar-refractivity contribution is 7.85. The Balaban J connectivity index is -0.000000345. The monoisotopic (exact) mass is 974 g/mol. The summed E-state index contributed by atoms with van der Waals surface area (Å²) >= 11 is 0. The molecule has 4 rings (SSSR count). The highest BCUT2D eigenvalue weighted by atomic mass is 32.2. The smallest absolute Gasteiger partial charge is 0.164 e. The van der Waals surface area contributed by atoms with Crippen molar-refractivity contribution in [2.45, 2.75) is 142 Å². The quantitative estimate of drug-likeness (QED) is 0.136. The zero-order chi connectivity index (χ0) is 45.2. The number of nitrogens with zero attached hydrogens (tertiary/aromatic N) is 4. The number of nitrogens with one attached hydrogen (secondary N) is 2. The second-order valence-electron chi connectivity index (χ2n) is 16.1. The molecular formula is C44H78N8O4S6. The Kier molecular flexibility index (Phi) is 37.1. The van der Waals surface area contributed by atoms with Crippen LogP contribution in [0.1, 0.15) is 144 Å². The number of allylic oxidation sites excluding steroid dienone is 2. The first-order chi connectivity index (χ1) is 27.5. The summed E-state index contributed by atoms with van der Waals surface area (Å²) in [7, 11) is -3.44. The molecule has 3 unspecified atom stereocenters. The molecular weight excluding hydrogens is 897 g/mol. The predicted molar refractivity (Wildman–Crippen MR) is 282 cm³/mol. The van der Waals surface area contributed by atoms with Crippen LogP contribution in [0.5, 0.6) is 0 Å². The summed E-state index contributed by atoms with van der Waals surface area (Å²) in [6.45, 7) is 26.0. The number of rotatable bonds is 11. The minimum Gasteiger partial charge on any atom is -0.387 e. The maximum absolute atomic E-state index is 12.0. The molecule has 0 saturated heterocycles. The van der Waals surface area contributed by atoms with E-state index in [0.717, 1.165) is 53.8 Å². The molecule has 0 fully saturated rings. The molecule has 0 bridgehead atoms. The lowest BCUT2D eigenvalue weighted by Gasteiger charge is -2.23. The van der Waals surface area contributed by atoms with Crippen molar-refractivity contribution in [3.63, 3.8) is 0 Å². The van der Waals surface area contributed by atoms with Crippen LogP contribution in [-0.2, 0) is 37.8 Å². The fourth-order valence-corrected chi connectivity index (χ4v) is 5.67. The lowest BCUT2D eigenvalue weighted by Crippen LogP contribution is -2.35. The molecule has 4 heterocycles. The highest BCUT2D eigenvalue weighted by Crippen LogP contribution is 2.19. The molecule has 0 aromatic carbocycles. The van der Waals surface area contributed by atoms with Gasteiger partial charge in [-0.15, -0.1) is 0 Å². The largest absolute Gasteiger partial charge is 0.387 e. The van der Waals surface area contributed by atoms with Crippen LogP contribution in [-0.4, -0.2) is 59.9 Å². The van der Waals surface area contributed by atoms with Gasteiger partial charge in [0, 0.05) is 79.6 Å². The molecule has 12 nitrogen and oxygen atoms in total. The Bertz CT molecular complexity index is 1800. The minimum atomic E-state index is -1.21. The van der Waals surface area contributed by atoms with Gasteiger partial charge < -0.3 is 11.1 Å². The van der Waals surface area contributed by atoms with Gasteiger partial charge in [0.1, 0.15) is 11.0 Å². The maximum atomic E-state index is 12.0. The summed E-state index contributed by atoms with van der Waals surface area (Å²) in [5.74, 6) is 0.198. The van der Waals surface area contributed by atoms with E-state index < -0.39 is 33.0 Å². The zero-order valence-electron chi connectivity index (χ0n) is 39.2. The van der Waals surface area contributed by atoms with Crippen LogP contribution in [0.3, 0.4) is 0 Å². The van der Waals surface area contributed by atoms with E-state index in [2.05, 4.69) is 43.2 Å². The first-order valence-electron chi connectivity index (χ1n) is 20.0. The third-order valence-electron chi connectivity index (χ3n) is 7.94. The normalized spacial score (nSPS) is 14.4. The average molecular weight is 976 g/mol. The van der Waals surface area contributed by atoms with E-state index in [-0.39, 0.29) is 72.6 Å². The Morgan fingerprint density at radius 3 is 1.60 bits per heavy atom. The van der Waals surface area contributed by atoms with Crippen LogP contribution in [0.4, 0.5) is 0 Å². The van der Waals surface area contributed by atoms with E-state index >= 15 is 0 Å². The Morgan fingerprint density at radius 1 is 0.758 bits per heavy atom. The molecule has 0 radical (unpaired) electrons. The van der Waals surface area contributed by atoms with Crippen LogP contribution in [0.2, 0.25) is 0 Å². The summed E-state index contributed by atoms with van der Waals surface area (Å²) in [4.78, 5) is 23.1. The van der Waals surface area contributed by atoms with Crippen molar-refractivity contribution < 1.29 is 17.4 Å². The predicted octanol–water partition coefficient (Wildman–Crippen LogP) is 8.57. The number of dihydropyridines is 1. The molecule has 0 saturated carbocycles. The van der Waals surface area contributed by atoms with E-state index in [0.29, 0.717) is 6.42 Å². The van der Waals surface area contributed by atoms with E-state index in [9.17, 15) is 17.4 Å². The zero-order valence-corrected chi connectivity index (χ0v) is 44.6. The highest BCUT2D eigenvalue weighted by Gasteiger charge is 2.23. The molecule has 3 aromatic heterocycles. The van der Waals surface area contributed by atoms with Gasteiger partial charge in [0.15, 0.2) is 5.78 Å². The first kappa shape index (κ1) is 66.1. The SMILES string of the molecule is CC(C)(C)S(N)=O.CCC(=NS(=O)C(C)(C)C)c1cccnc1.CCC(=O)C1=CNCC=C1.CC[C@@H](N)c1cccnc1.CC[C@@H](NS(=O)C(C)(C)C)c1cccnc1.S.S.S. The van der Waals surface area contributed by atoms with E-state index in [4.69, 9.17) is 10.9 Å². The summed E-state index contributed by atoms with van der Waals surface area (Å²) in [5.41, 5.74) is 10.5. The number of ketones is 1. The van der Waals surface area contributed by atoms with Crippen molar-refractivity contribution in [1.29, 1.82) is 0 Å². The first-order valence-corrected chi connectivity index (χ1v) is 23.4. The third kappa shape index (κ3) is 29.0. The van der Waals surface area contributed by atoms with E-state index in [1.54, 1.807) is 31.0 Å². The lowest BCUT2D eigenvalue weighted by molar-refractivity contribution is -0.115. The summed E-state index contributed by atoms with van der Waals surface area (Å²) in [5, 5.41) is 8.02. The van der Waals surface area contributed by atoms with Crippen molar-refractivity contribution in [2.24, 2.45) is 15.3 Å². The van der Waals surface area contributed by atoms with Gasteiger partial charge in [-0.3, -0.25) is 24.9 Å². The molecule has 6 N–H and O–H groups in total. The fraction of sp³-hybridized carbons (Fsp3) is 0.523. The molecule has 0 aliphatic carbocycles. The standard InChI is InChI=1S/C12H20N2OS.C12H18N2OS.C8H12N2.C8H11NO.C4H11NOS.3H2S/c2*1-5-11(10-7-6-8-13-9-10)14-16(15)12(2,3)4;1-2-8(9)7-4-3-5-10-6-7;1-2-8(10)7-4-3-5-9-6-7;1-4(2,3)7(5)6;;;/h6-9,11,14H,5H2,1-4H3;6-9H,5H2,1-4H3;3-6,8H,2,9H2,1H3;3-4,6,9H,2,5H2,1H3;5H2,1-3H3;3*1H2/t11-,16?;;8-;;;;;/m1.1...../s1. The molecule has 0 amide bonds. The number of aromatic nitrogens is 3. The van der Waals surface area contributed by atoms with Gasteiger partial charge in [-0.05, 0) is 111 Å². The number of hydrogen-bond donors (Lipinski definition) is 4. The van der Waals surface area contributed by atoms with E-state index in [1.807, 2.05) is 137 Å². The molecule has 62 heavy (non-hydrogen) atoms. The topological polar surface area (TPSA) is 195 Å². The van der Waals surface area contributed by atoms with Crippen LogP contribution in [0.25, 0.3) is 0 Å². The van der Waals surface area contributed by atoms with Crippen LogP contribution < -0.4 is 20.9 Å². The fourth-order valence-electron chi connectivity index (χ4n) is 4.05. The van der Waals surface area contributed by atoms with Crippen molar-refractivity contribution >= 4 is 84.9 Å². The van der Waals surface area contributed by atoms with Gasteiger partial charge in [-0.1, -0.05) is 58.0 Å². The summed E-state index contributed by atoms with van der Waals surface area (Å²) in [6, 6.07) is 11.9. The minimum absolute atomic E-state index is 0. The van der Waals surface area contributed by atoms with E-state index in [1.165, 1.54) is 0 Å². The number of nitrogens with two attached hydrogens (primary N) is 2. The number of carbonyl (C=O) groups excluding carboxylic acids is 1. The van der Waals surface area contributed by atoms with Crippen molar-refractivity contribution in [1.82, 2.24) is 25.0 Å². The summed E-state index contributed by atoms with van der Waals surface area (Å²) < 4.78 is 40.9. The van der Waals surface area contributed by atoms with Gasteiger partial charge >= 0.3 is 0 Å². The number of pyridine rings is 3. The number of hydrogen-bond acceptors (Lipinski definition) is 9. The van der Waals surface area contributed by atoms with Crippen molar-refractivity contribution in [3.8, 4) is 0 Å². The number of carbonyl (C=O) groups is 1. The molecule has 354 valence electrons. The van der Waals surface area contributed by atoms with Gasteiger partial charge in [-0.25, -0.2) is 17.3 Å². The molecule has 0 spiro atoms. The molecule has 1 aliphatic rings. The van der Waals surface area contributed by atoms with Gasteiger partial charge in [0.2, 0.25) is 0 Å². The second-order valence-corrected chi connectivity index (χ2v) is 21.9. The Labute approximate surface area is 402 Å². The molecule has 3 aromatic rings. The Morgan fingerprint density at radius 2 is 1.26 bits per heavy atom. The molecule has 18 heteroatoms. The van der Waals surface area contributed by atoms with Gasteiger partial charge in [-0.2, -0.15) is 44.9 Å². The summed E-state index contributed by atoms with van der Waals surface area (Å²) in [6.07, 6.45) is 19.4. The maximum Gasteiger partial charge on any atom is 0.164 e. The second kappa shape index (κ2) is 34.8. The Hall–Kier alpha value is -2.55. The third-order valence-corrected chi connectivity index (χ3v) is 12.2. The van der Waals surface area contributed by atoms with Crippen molar-refractivity contribution in [2.75, 3.05) is 6.54 Å². The molecule has 5 atom stereocenters. The lowest BCUT2D eigenvalue weighted by atomic mass is 10.1. The molecule has 1 aliphatic heterocycles. The van der Waals surface area contributed by atoms with Crippen molar-refractivity contribution in [3.05, 3.63) is 114 Å². The van der Waals surface area contributed by atoms with Crippen LogP contribution in [0, 0.1) is 0 Å². The van der Waals surface area contributed by atoms with Crippen LogP contribution >= 0.6 is 40.5 Å². The number of Topliss-reactive ketones (excluding diaryl/α,β-unsaturated/α-hetero) is 1. The van der Waals surface area contributed by atoms with Gasteiger partial charge in [0.05, 0.1) is 41.9 Å².